The normalized spacial score (nSPS) is 13.1. The van der Waals surface area contributed by atoms with Gasteiger partial charge in [-0.25, -0.2) is 0 Å². The molecule has 6 nitrogen and oxygen atoms in total. The van der Waals surface area contributed by atoms with Gasteiger partial charge in [0, 0.05) is 44.0 Å². The van der Waals surface area contributed by atoms with Crippen LogP contribution in [0, 0.1) is 103 Å². The van der Waals surface area contributed by atoms with Crippen molar-refractivity contribution in [2.75, 3.05) is 9.80 Å². The molecule has 8 rings (SSSR count). The second-order valence-electron chi connectivity index (χ2n) is 18.7. The number of terminal acetylenes is 2. The molecule has 0 radical (unpaired) electrons. The highest BCUT2D eigenvalue weighted by molar-refractivity contribution is 6.13. The summed E-state index contributed by atoms with van der Waals surface area (Å²) < 4.78 is 0. The number of azo groups is 2. The lowest BCUT2D eigenvalue weighted by Crippen LogP contribution is -2.57. The maximum atomic E-state index is 5.25. The summed E-state index contributed by atoms with van der Waals surface area (Å²) in [6.07, 6.45) is 25.3. The molecule has 1 heterocycles. The minimum absolute atomic E-state index is 0.580. The second kappa shape index (κ2) is 26.9. The predicted molar refractivity (Wildman–Crippen MR) is 317 cm³/mol. The Kier molecular flexibility index (Phi) is 18.6. The molecule has 1 unspecified atom stereocenters. The molecule has 0 aliphatic carbocycles. The summed E-state index contributed by atoms with van der Waals surface area (Å²) in [5, 5.41) is 23.1. The van der Waals surface area contributed by atoms with Gasteiger partial charge in [0.2, 0.25) is 0 Å². The number of benzene rings is 7. The third kappa shape index (κ3) is 13.3. The molecular weight excluding hydrogens is 925 g/mol. The van der Waals surface area contributed by atoms with Crippen LogP contribution in [0.25, 0.3) is 21.5 Å². The largest absolute Gasteiger partial charge is 0.317 e. The third-order valence-electron chi connectivity index (χ3n) is 13.4. The zero-order valence-electron chi connectivity index (χ0n) is 43.6. The van der Waals surface area contributed by atoms with Crippen molar-refractivity contribution < 1.29 is 0 Å². The van der Waals surface area contributed by atoms with Crippen LogP contribution in [0.1, 0.15) is 108 Å². The van der Waals surface area contributed by atoms with Crippen molar-refractivity contribution in [1.82, 2.24) is 0 Å². The number of fused-ring (bicyclic) bond motifs is 1. The van der Waals surface area contributed by atoms with E-state index in [1.54, 1.807) is 0 Å². The summed E-state index contributed by atoms with van der Waals surface area (Å²) in [4.78, 5) is 5.01. The summed E-state index contributed by atoms with van der Waals surface area (Å²) in [5.41, 5.74) is 9.50. The first-order valence-corrected chi connectivity index (χ1v) is 26.1. The van der Waals surface area contributed by atoms with Gasteiger partial charge >= 0.3 is 0 Å². The van der Waals surface area contributed by atoms with E-state index in [4.69, 9.17) is 23.1 Å². The monoisotopic (exact) mass is 982 g/mol. The van der Waals surface area contributed by atoms with Gasteiger partial charge in [-0.2, -0.15) is 5.11 Å². The Balaban J connectivity index is 1.20. The molecule has 7 aromatic rings. The van der Waals surface area contributed by atoms with Crippen LogP contribution in [0.5, 0.6) is 0 Å². The van der Waals surface area contributed by atoms with Gasteiger partial charge < -0.3 is 9.80 Å². The Morgan fingerprint density at radius 2 is 0.855 bits per heavy atom. The van der Waals surface area contributed by atoms with E-state index >= 15 is 0 Å². The van der Waals surface area contributed by atoms with Gasteiger partial charge in [0.05, 0.1) is 34.1 Å². The maximum Gasteiger partial charge on any atom is 0.119 e. The lowest BCUT2D eigenvalue weighted by Gasteiger charge is -2.55. The molecule has 76 heavy (non-hydrogen) atoms. The average molecular weight is 983 g/mol. The summed E-state index contributed by atoms with van der Waals surface area (Å²) in [7, 11) is 0. The molecular formula is C70H58N6. The topological polar surface area (TPSA) is 55.9 Å². The summed E-state index contributed by atoms with van der Waals surface area (Å²) in [5.74, 6) is 38.0. The molecule has 1 aliphatic rings. The molecule has 0 fully saturated rings. The van der Waals surface area contributed by atoms with Crippen molar-refractivity contribution in [2.24, 2.45) is 20.5 Å². The fraction of sp³-hybridized carbons (Fsp3) is 0.229. The lowest BCUT2D eigenvalue weighted by atomic mass is 9.89. The molecule has 0 spiro atoms. The number of aryl methyl sites for hydroxylation is 1. The van der Waals surface area contributed by atoms with E-state index in [2.05, 4.69) is 209 Å². The molecule has 7 aromatic carbocycles. The summed E-state index contributed by atoms with van der Waals surface area (Å²) in [6, 6.07) is 47.7. The maximum absolute atomic E-state index is 5.25. The Morgan fingerprint density at radius 3 is 1.38 bits per heavy atom. The van der Waals surface area contributed by atoms with Crippen LogP contribution in [0.3, 0.4) is 0 Å². The van der Waals surface area contributed by atoms with Crippen molar-refractivity contribution in [2.45, 2.75) is 103 Å². The fourth-order valence-corrected chi connectivity index (χ4v) is 9.74. The van der Waals surface area contributed by atoms with Crippen molar-refractivity contribution in [3.63, 3.8) is 0 Å². The molecule has 0 bridgehead atoms. The highest BCUT2D eigenvalue weighted by Crippen LogP contribution is 2.55. The zero-order valence-corrected chi connectivity index (χ0v) is 43.6. The molecule has 0 N–H and O–H groups in total. The van der Waals surface area contributed by atoms with Crippen LogP contribution >= 0.6 is 0 Å². The Morgan fingerprint density at radius 1 is 0.421 bits per heavy atom. The van der Waals surface area contributed by atoms with Gasteiger partial charge in [-0.1, -0.05) is 137 Å². The predicted octanol–water partition coefficient (Wildman–Crippen LogP) is 17.8. The van der Waals surface area contributed by atoms with Gasteiger partial charge in [-0.05, 0) is 189 Å². The van der Waals surface area contributed by atoms with Gasteiger partial charge in [0.1, 0.15) is 5.66 Å². The van der Waals surface area contributed by atoms with Crippen molar-refractivity contribution in [3.05, 3.63) is 156 Å². The third-order valence-corrected chi connectivity index (χ3v) is 13.4. The molecule has 6 heteroatoms. The van der Waals surface area contributed by atoms with Crippen LogP contribution in [-0.2, 0) is 0 Å². The van der Waals surface area contributed by atoms with Crippen LogP contribution in [-0.4, -0.2) is 5.66 Å². The standard InChI is InChI=1S/C70H58N6/c1-6-9-12-15-18-19-20-21-22-25-30-54-70(5)75(59-46-40-56(41-47-59)32-26-23-16-13-10-7-2)67-37-31-36-63-66(52-53-68(69(63)67)76(70)60-48-42-57(43-49-60)33-27-24-17-14-11-8-3)74-73-65-51-50-64(61-34-28-29-35-62(61)65)72-71-58-44-38-55(4)39-45-58/h2-3,28-29,31,34-53H,6,9,12,15,18-22,25,30,54H2,1,4-5H3/b72-71+,74-73+. The second-order valence-corrected chi connectivity index (χ2v) is 18.7. The molecule has 0 saturated carbocycles. The quantitative estimate of drug-likeness (QED) is 0.0489. The van der Waals surface area contributed by atoms with E-state index in [0.717, 1.165) is 97.4 Å². The Labute approximate surface area is 450 Å². The van der Waals surface area contributed by atoms with Crippen molar-refractivity contribution in [1.29, 1.82) is 0 Å². The SMILES string of the molecule is C#CC#CC#CC#Cc1ccc(N2c3cccc4c(/N=N/c5ccc(/N=N/c6ccc(C)cc6)c6ccccc56)ccc(c34)N(c3ccc(C#CC#CC#CC#C)cc3)C2(C)CCCCCCCCCCCCC)cc1. The van der Waals surface area contributed by atoms with E-state index < -0.39 is 5.66 Å². The van der Waals surface area contributed by atoms with Gasteiger partial charge in [-0.15, -0.1) is 28.2 Å². The number of anilines is 4. The number of hydrogen-bond acceptors (Lipinski definition) is 6. The van der Waals surface area contributed by atoms with E-state index in [1.165, 1.54) is 63.4 Å². The average Bonchev–Trinajstić information content (AvgIpc) is 3.57. The summed E-state index contributed by atoms with van der Waals surface area (Å²) >= 11 is 0. The molecule has 0 saturated heterocycles. The van der Waals surface area contributed by atoms with E-state index in [9.17, 15) is 0 Å². The number of unbranched alkanes of at least 4 members (excludes halogenated alkanes) is 10. The fourth-order valence-electron chi connectivity index (χ4n) is 9.74. The highest BCUT2D eigenvalue weighted by Gasteiger charge is 2.45. The number of hydrogen-bond donors (Lipinski definition) is 0. The van der Waals surface area contributed by atoms with E-state index in [0.29, 0.717) is 0 Å². The Bertz CT molecular complexity index is 3630. The lowest BCUT2D eigenvalue weighted by molar-refractivity contribution is 0.403. The molecule has 0 aromatic heterocycles. The minimum atomic E-state index is -0.580. The molecule has 368 valence electrons. The van der Waals surface area contributed by atoms with Crippen LogP contribution in [0.2, 0.25) is 0 Å². The first-order chi connectivity index (χ1) is 37.4. The molecule has 1 atom stereocenters. The van der Waals surface area contributed by atoms with Gasteiger partial charge in [0.15, 0.2) is 0 Å². The summed E-state index contributed by atoms with van der Waals surface area (Å²) in [6.45, 7) is 6.70. The zero-order chi connectivity index (χ0) is 52.8. The molecule has 1 aliphatic heterocycles. The van der Waals surface area contributed by atoms with Crippen molar-refractivity contribution in [3.8, 4) is 95.7 Å². The molecule has 0 amide bonds. The van der Waals surface area contributed by atoms with Crippen LogP contribution < -0.4 is 9.80 Å². The smallest absolute Gasteiger partial charge is 0.119 e. The van der Waals surface area contributed by atoms with E-state index in [1.807, 2.05) is 54.6 Å². The van der Waals surface area contributed by atoms with E-state index in [-0.39, 0.29) is 0 Å². The van der Waals surface area contributed by atoms with Crippen molar-refractivity contribution >= 4 is 67.0 Å². The Hall–Kier alpha value is -9.66. The first kappa shape index (κ1) is 52.7. The van der Waals surface area contributed by atoms with Gasteiger partial charge in [0.25, 0.3) is 0 Å². The van der Waals surface area contributed by atoms with Crippen LogP contribution in [0.15, 0.2) is 160 Å². The number of nitrogens with zero attached hydrogens (tertiary/aromatic N) is 6. The minimum Gasteiger partial charge on any atom is -0.317 e. The number of rotatable bonds is 18. The van der Waals surface area contributed by atoms with Crippen LogP contribution in [0.4, 0.5) is 45.5 Å². The highest BCUT2D eigenvalue weighted by atomic mass is 15.4. The first-order valence-electron chi connectivity index (χ1n) is 26.1. The van der Waals surface area contributed by atoms with Gasteiger partial charge in [-0.3, -0.25) is 0 Å².